The van der Waals surface area contributed by atoms with E-state index in [1.165, 1.54) is 0 Å². The van der Waals surface area contributed by atoms with Crippen molar-refractivity contribution >= 4 is 0 Å². The van der Waals surface area contributed by atoms with Gasteiger partial charge in [0.05, 0.1) is 19.3 Å². The van der Waals surface area contributed by atoms with E-state index in [1.54, 1.807) is 0 Å². The molecule has 0 amide bonds. The number of hydrogen-bond donors (Lipinski definition) is 0. The summed E-state index contributed by atoms with van der Waals surface area (Å²) in [4.78, 5) is 0. The van der Waals surface area contributed by atoms with Crippen molar-refractivity contribution in [3.63, 3.8) is 0 Å². The molecule has 1 fully saturated rings. The highest BCUT2D eigenvalue weighted by atomic mass is 16.5. The molecule has 2 rings (SSSR count). The van der Waals surface area contributed by atoms with Crippen LogP contribution in [-0.4, -0.2) is 13.2 Å². The van der Waals surface area contributed by atoms with E-state index >= 15 is 0 Å². The third-order valence-corrected chi connectivity index (χ3v) is 2.30. The average molecular weight is 177 g/mol. The van der Waals surface area contributed by atoms with Crippen LogP contribution in [0.2, 0.25) is 0 Å². The van der Waals surface area contributed by atoms with E-state index < -0.39 is 0 Å². The molecule has 1 aromatic rings. The second-order valence-electron chi connectivity index (χ2n) is 3.57. The van der Waals surface area contributed by atoms with E-state index in [9.17, 15) is 0 Å². The Balaban J connectivity index is 2.09. The zero-order chi connectivity index (χ0) is 9.31. The van der Waals surface area contributed by atoms with Gasteiger partial charge < -0.3 is 9.15 Å². The molecule has 0 atom stereocenters. The molecule has 0 aromatic carbocycles. The summed E-state index contributed by atoms with van der Waals surface area (Å²) in [6, 6.07) is 6.13. The van der Waals surface area contributed by atoms with E-state index in [2.05, 4.69) is 6.07 Å². The summed E-state index contributed by atoms with van der Waals surface area (Å²) in [7, 11) is 0. The topological polar surface area (TPSA) is 46.2 Å². The molecule has 1 aliphatic heterocycles. The summed E-state index contributed by atoms with van der Waals surface area (Å²) in [5.74, 6) is 1.77. The van der Waals surface area contributed by atoms with Gasteiger partial charge in [0.15, 0.2) is 0 Å². The maximum Gasteiger partial charge on any atom is 0.111 e. The maximum absolute atomic E-state index is 8.93. The van der Waals surface area contributed by atoms with E-state index in [4.69, 9.17) is 14.4 Å². The second-order valence-corrected chi connectivity index (χ2v) is 3.57. The first-order valence-corrected chi connectivity index (χ1v) is 4.28. The fourth-order valence-corrected chi connectivity index (χ4v) is 1.47. The molecule has 3 heteroatoms. The molecular weight excluding hydrogens is 166 g/mol. The first-order valence-electron chi connectivity index (χ1n) is 4.28. The van der Waals surface area contributed by atoms with Gasteiger partial charge in [0.25, 0.3) is 0 Å². The van der Waals surface area contributed by atoms with Crippen molar-refractivity contribution in [3.8, 4) is 6.07 Å². The predicted octanol–water partition coefficient (Wildman–Crippen LogP) is 1.67. The SMILES string of the molecule is Cc1ccc(CC2(C#N)COC2)o1. The predicted molar refractivity (Wildman–Crippen MR) is 46.0 cm³/mol. The first kappa shape index (κ1) is 8.33. The summed E-state index contributed by atoms with van der Waals surface area (Å²) < 4.78 is 10.5. The highest BCUT2D eigenvalue weighted by Gasteiger charge is 2.39. The van der Waals surface area contributed by atoms with Crippen molar-refractivity contribution in [1.82, 2.24) is 0 Å². The van der Waals surface area contributed by atoms with E-state index in [1.807, 2.05) is 19.1 Å². The van der Waals surface area contributed by atoms with Crippen LogP contribution in [0, 0.1) is 23.7 Å². The molecule has 1 aliphatic rings. The van der Waals surface area contributed by atoms with Gasteiger partial charge in [-0.2, -0.15) is 5.26 Å². The standard InChI is InChI=1S/C10H11NO2/c1-8-2-3-9(13-8)4-10(5-11)6-12-7-10/h2-3H,4,6-7H2,1H3. The van der Waals surface area contributed by atoms with Crippen LogP contribution in [-0.2, 0) is 11.2 Å². The molecule has 0 unspecified atom stereocenters. The number of nitriles is 1. The Kier molecular flexibility index (Phi) is 1.86. The first-order chi connectivity index (χ1) is 6.24. The van der Waals surface area contributed by atoms with Crippen LogP contribution in [0.15, 0.2) is 16.5 Å². The van der Waals surface area contributed by atoms with Crippen LogP contribution < -0.4 is 0 Å². The Morgan fingerprint density at radius 1 is 1.54 bits per heavy atom. The van der Waals surface area contributed by atoms with Gasteiger partial charge in [-0.1, -0.05) is 0 Å². The van der Waals surface area contributed by atoms with Crippen LogP contribution in [0.5, 0.6) is 0 Å². The summed E-state index contributed by atoms with van der Waals surface area (Å²) in [6.45, 7) is 2.96. The Labute approximate surface area is 76.9 Å². The van der Waals surface area contributed by atoms with Gasteiger partial charge in [-0.05, 0) is 19.1 Å². The van der Waals surface area contributed by atoms with E-state index in [0.29, 0.717) is 19.6 Å². The van der Waals surface area contributed by atoms with Crippen LogP contribution in [0.3, 0.4) is 0 Å². The van der Waals surface area contributed by atoms with Crippen LogP contribution in [0.25, 0.3) is 0 Å². The number of hydrogen-bond acceptors (Lipinski definition) is 3. The molecule has 1 aromatic heterocycles. The summed E-state index contributed by atoms with van der Waals surface area (Å²) in [5.41, 5.74) is -0.329. The van der Waals surface area contributed by atoms with Crippen molar-refractivity contribution < 1.29 is 9.15 Å². The number of ether oxygens (including phenoxy) is 1. The van der Waals surface area contributed by atoms with E-state index in [-0.39, 0.29) is 5.41 Å². The lowest BCUT2D eigenvalue weighted by atomic mass is 9.83. The lowest BCUT2D eigenvalue weighted by Crippen LogP contribution is -2.42. The van der Waals surface area contributed by atoms with Gasteiger partial charge in [0.1, 0.15) is 16.9 Å². The van der Waals surface area contributed by atoms with Gasteiger partial charge in [0, 0.05) is 6.42 Å². The van der Waals surface area contributed by atoms with Crippen molar-refractivity contribution in [3.05, 3.63) is 23.7 Å². The fourth-order valence-electron chi connectivity index (χ4n) is 1.47. The van der Waals surface area contributed by atoms with Crippen LogP contribution >= 0.6 is 0 Å². The molecule has 68 valence electrons. The molecule has 0 radical (unpaired) electrons. The summed E-state index contributed by atoms with van der Waals surface area (Å²) in [6.07, 6.45) is 0.664. The maximum atomic E-state index is 8.93. The summed E-state index contributed by atoms with van der Waals surface area (Å²) in [5, 5.41) is 8.93. The second kappa shape index (κ2) is 2.90. The Morgan fingerprint density at radius 3 is 2.69 bits per heavy atom. The fraction of sp³-hybridized carbons (Fsp3) is 0.500. The molecule has 0 spiro atoms. The van der Waals surface area contributed by atoms with E-state index in [0.717, 1.165) is 11.5 Å². The van der Waals surface area contributed by atoms with Crippen molar-refractivity contribution in [2.75, 3.05) is 13.2 Å². The number of aryl methyl sites for hydroxylation is 1. The zero-order valence-electron chi connectivity index (χ0n) is 7.54. The van der Waals surface area contributed by atoms with Crippen molar-refractivity contribution in [2.24, 2.45) is 5.41 Å². The number of nitrogens with zero attached hydrogens (tertiary/aromatic N) is 1. The molecule has 13 heavy (non-hydrogen) atoms. The van der Waals surface area contributed by atoms with Gasteiger partial charge in [-0.25, -0.2) is 0 Å². The minimum absolute atomic E-state index is 0.329. The highest BCUT2D eigenvalue weighted by molar-refractivity contribution is 5.14. The average Bonchev–Trinajstić information content (AvgIpc) is 2.44. The quantitative estimate of drug-likeness (QED) is 0.690. The van der Waals surface area contributed by atoms with Gasteiger partial charge in [-0.15, -0.1) is 0 Å². The molecule has 1 saturated heterocycles. The third kappa shape index (κ3) is 1.45. The Hall–Kier alpha value is -1.27. The smallest absolute Gasteiger partial charge is 0.111 e. The zero-order valence-corrected chi connectivity index (χ0v) is 7.54. The molecule has 3 nitrogen and oxygen atoms in total. The normalized spacial score (nSPS) is 19.1. The lowest BCUT2D eigenvalue weighted by molar-refractivity contribution is -0.0786. The summed E-state index contributed by atoms with van der Waals surface area (Å²) >= 11 is 0. The molecule has 0 saturated carbocycles. The third-order valence-electron chi connectivity index (χ3n) is 2.30. The van der Waals surface area contributed by atoms with Gasteiger partial charge >= 0.3 is 0 Å². The Bertz CT molecular complexity index is 344. The molecule has 0 bridgehead atoms. The van der Waals surface area contributed by atoms with Crippen molar-refractivity contribution in [2.45, 2.75) is 13.3 Å². The minimum Gasteiger partial charge on any atom is -0.466 e. The van der Waals surface area contributed by atoms with Gasteiger partial charge in [-0.3, -0.25) is 0 Å². The molecule has 0 aliphatic carbocycles. The number of furan rings is 1. The molecule has 2 heterocycles. The highest BCUT2D eigenvalue weighted by Crippen LogP contribution is 2.31. The monoisotopic (exact) mass is 177 g/mol. The largest absolute Gasteiger partial charge is 0.466 e. The van der Waals surface area contributed by atoms with Crippen molar-refractivity contribution in [1.29, 1.82) is 5.26 Å². The van der Waals surface area contributed by atoms with Gasteiger partial charge in [0.2, 0.25) is 0 Å². The Morgan fingerprint density at radius 2 is 2.31 bits per heavy atom. The minimum atomic E-state index is -0.329. The lowest BCUT2D eigenvalue weighted by Gasteiger charge is -2.34. The van der Waals surface area contributed by atoms with Crippen LogP contribution in [0.4, 0.5) is 0 Å². The van der Waals surface area contributed by atoms with Crippen LogP contribution in [0.1, 0.15) is 11.5 Å². The number of rotatable bonds is 2. The molecule has 0 N–H and O–H groups in total. The molecular formula is C10H11NO2.